The van der Waals surface area contributed by atoms with E-state index in [4.69, 9.17) is 20.9 Å². The minimum atomic E-state index is -1.18. The molecule has 13 heteroatoms. The summed E-state index contributed by atoms with van der Waals surface area (Å²) in [5.74, 6) is -2.51. The van der Waals surface area contributed by atoms with Crippen LogP contribution in [0.1, 0.15) is 31.9 Å². The molecule has 6 atom stereocenters. The van der Waals surface area contributed by atoms with Gasteiger partial charge in [-0.25, -0.2) is 19.4 Å². The standard InChI is InChI=1S/C21H30N6O6S/c1-12(22)19(29)27(6-3-14(17(27)18(23)28)15-9-34-10-24-15)20(30)16-13(2)33-21(31)26(16)11-25-4-7-32-8-5-25/h9-10,12-14,16-17H,3-8,11,22H2,1-2H3,(H-,23,28)/p+1/t12-,13?,14+,16?,17-,27-/m0/s1. The van der Waals surface area contributed by atoms with Gasteiger partial charge in [0.25, 0.3) is 5.91 Å². The van der Waals surface area contributed by atoms with Crippen LogP contribution in [0.15, 0.2) is 10.9 Å². The second kappa shape index (κ2) is 9.66. The molecule has 0 saturated carbocycles. The number of nitrogens with two attached hydrogens (primary N) is 2. The van der Waals surface area contributed by atoms with Gasteiger partial charge in [-0.1, -0.05) is 0 Å². The van der Waals surface area contributed by atoms with Crippen LogP contribution in [0.25, 0.3) is 0 Å². The molecular formula is C21H31N6O6S+. The molecule has 186 valence electrons. The number of hydrogen-bond donors (Lipinski definition) is 2. The Balaban J connectivity index is 1.74. The van der Waals surface area contributed by atoms with Crippen molar-refractivity contribution in [2.24, 2.45) is 11.5 Å². The molecule has 4 heterocycles. The number of ether oxygens (including phenoxy) is 2. The highest BCUT2D eigenvalue weighted by Crippen LogP contribution is 2.42. The number of cyclic esters (lactones) is 1. The van der Waals surface area contributed by atoms with Gasteiger partial charge in [-0.15, -0.1) is 11.3 Å². The van der Waals surface area contributed by atoms with Crippen LogP contribution in [0.4, 0.5) is 4.79 Å². The molecule has 3 aliphatic rings. The van der Waals surface area contributed by atoms with Crippen molar-refractivity contribution in [1.82, 2.24) is 14.8 Å². The molecule has 3 aliphatic heterocycles. The van der Waals surface area contributed by atoms with Crippen LogP contribution >= 0.6 is 11.3 Å². The SMILES string of the molecule is CC1OC(=O)N(CN2CCOCC2)C1C(=O)[N@@+]1(C(=O)[C@H](C)N)CC[C@H](c2cscn2)[C@H]1C(N)=O. The molecule has 2 unspecified atom stereocenters. The minimum Gasteiger partial charge on any atom is -0.443 e. The summed E-state index contributed by atoms with van der Waals surface area (Å²) in [7, 11) is 0. The molecule has 0 spiro atoms. The van der Waals surface area contributed by atoms with Gasteiger partial charge in [0.2, 0.25) is 0 Å². The zero-order valence-corrected chi connectivity index (χ0v) is 20.1. The fourth-order valence-electron chi connectivity index (χ4n) is 5.38. The maximum Gasteiger partial charge on any atom is 0.412 e. The van der Waals surface area contributed by atoms with E-state index in [1.54, 1.807) is 17.8 Å². The van der Waals surface area contributed by atoms with E-state index in [0.717, 1.165) is 0 Å². The van der Waals surface area contributed by atoms with Crippen molar-refractivity contribution >= 4 is 35.2 Å². The Morgan fingerprint density at radius 3 is 2.62 bits per heavy atom. The second-order valence-electron chi connectivity index (χ2n) is 9.09. The van der Waals surface area contributed by atoms with Gasteiger partial charge in [0.15, 0.2) is 12.1 Å². The average molecular weight is 496 g/mol. The molecule has 4 rings (SSSR count). The number of aromatic nitrogens is 1. The number of carbonyl (C=O) groups is 4. The van der Waals surface area contributed by atoms with Crippen molar-refractivity contribution in [2.75, 3.05) is 39.5 Å². The van der Waals surface area contributed by atoms with Crippen molar-refractivity contribution in [2.45, 2.75) is 50.4 Å². The molecule has 4 N–H and O–H groups in total. The monoisotopic (exact) mass is 495 g/mol. The van der Waals surface area contributed by atoms with Gasteiger partial charge in [0.05, 0.1) is 43.5 Å². The van der Waals surface area contributed by atoms with Gasteiger partial charge < -0.3 is 20.9 Å². The predicted octanol–water partition coefficient (Wildman–Crippen LogP) is -0.799. The molecule has 0 bridgehead atoms. The third kappa shape index (κ3) is 4.11. The Hall–Kier alpha value is -2.45. The van der Waals surface area contributed by atoms with Crippen LogP contribution in [0.2, 0.25) is 0 Å². The van der Waals surface area contributed by atoms with Gasteiger partial charge in [-0.05, 0) is 13.8 Å². The van der Waals surface area contributed by atoms with Crippen LogP contribution in [-0.2, 0) is 23.9 Å². The van der Waals surface area contributed by atoms with Gasteiger partial charge >= 0.3 is 17.9 Å². The number of amides is 4. The minimum absolute atomic E-state index is 0.0395. The quantitative estimate of drug-likeness (QED) is 0.482. The van der Waals surface area contributed by atoms with Crippen LogP contribution in [-0.4, -0.2) is 107 Å². The highest BCUT2D eigenvalue weighted by Gasteiger charge is 2.66. The number of thiazole rings is 1. The number of likely N-dealkylation sites (tertiary alicyclic amines) is 1. The van der Waals surface area contributed by atoms with E-state index in [0.29, 0.717) is 38.4 Å². The van der Waals surface area contributed by atoms with Crippen molar-refractivity contribution in [3.05, 3.63) is 16.6 Å². The second-order valence-corrected chi connectivity index (χ2v) is 9.81. The number of quaternary nitrogens is 1. The van der Waals surface area contributed by atoms with Gasteiger partial charge in [-0.2, -0.15) is 4.48 Å². The Labute approximate surface area is 201 Å². The Kier molecular flexibility index (Phi) is 7.01. The molecule has 3 fully saturated rings. The number of hydrogen-bond acceptors (Lipinski definition) is 10. The summed E-state index contributed by atoms with van der Waals surface area (Å²) in [5.41, 5.74) is 14.1. The number of imide groups is 1. The van der Waals surface area contributed by atoms with Crippen LogP contribution in [0.3, 0.4) is 0 Å². The predicted molar refractivity (Wildman–Crippen MR) is 120 cm³/mol. The van der Waals surface area contributed by atoms with Crippen molar-refractivity contribution in [3.63, 3.8) is 0 Å². The Morgan fingerprint density at radius 2 is 2.03 bits per heavy atom. The van der Waals surface area contributed by atoms with Gasteiger partial charge in [0, 0.05) is 24.9 Å². The van der Waals surface area contributed by atoms with Gasteiger partial charge in [-0.3, -0.25) is 14.6 Å². The van der Waals surface area contributed by atoms with E-state index in [1.165, 1.54) is 23.2 Å². The highest BCUT2D eigenvalue weighted by atomic mass is 32.1. The summed E-state index contributed by atoms with van der Waals surface area (Å²) in [6.07, 6.45) is -1.11. The summed E-state index contributed by atoms with van der Waals surface area (Å²) >= 11 is 1.36. The van der Waals surface area contributed by atoms with Crippen molar-refractivity contribution in [1.29, 1.82) is 0 Å². The first-order chi connectivity index (χ1) is 16.2. The molecule has 3 saturated heterocycles. The molecule has 0 aliphatic carbocycles. The van der Waals surface area contributed by atoms with Crippen LogP contribution < -0.4 is 11.5 Å². The summed E-state index contributed by atoms with van der Waals surface area (Å²) in [6.45, 7) is 5.48. The third-order valence-corrected chi connectivity index (χ3v) is 7.56. The maximum atomic E-state index is 14.3. The lowest BCUT2D eigenvalue weighted by molar-refractivity contribution is -0.784. The Morgan fingerprint density at radius 1 is 1.32 bits per heavy atom. The molecular weight excluding hydrogens is 464 g/mol. The largest absolute Gasteiger partial charge is 0.443 e. The molecule has 1 aromatic rings. The normalized spacial score (nSPS) is 33.0. The van der Waals surface area contributed by atoms with Crippen molar-refractivity contribution in [3.8, 4) is 0 Å². The van der Waals surface area contributed by atoms with E-state index in [2.05, 4.69) is 4.98 Å². The molecule has 4 amide bonds. The molecule has 0 aromatic carbocycles. The fraction of sp³-hybridized carbons (Fsp3) is 0.667. The summed E-state index contributed by atoms with van der Waals surface area (Å²) in [5, 5.41) is 1.79. The number of rotatable bonds is 6. The van der Waals surface area contributed by atoms with Gasteiger partial charge in [0.1, 0.15) is 12.1 Å². The molecule has 34 heavy (non-hydrogen) atoms. The molecule has 1 aromatic heterocycles. The van der Waals surface area contributed by atoms with E-state index >= 15 is 0 Å². The van der Waals surface area contributed by atoms with Crippen LogP contribution in [0, 0.1) is 0 Å². The lowest BCUT2D eigenvalue weighted by atomic mass is 9.94. The number of nitrogens with zero attached hydrogens (tertiary/aromatic N) is 4. The number of carbonyl (C=O) groups excluding carboxylic acids is 4. The lowest BCUT2D eigenvalue weighted by Gasteiger charge is -2.39. The lowest BCUT2D eigenvalue weighted by Crippen LogP contribution is -2.71. The summed E-state index contributed by atoms with van der Waals surface area (Å²) < 4.78 is 9.94. The van der Waals surface area contributed by atoms with E-state index in [1.807, 2.05) is 4.90 Å². The van der Waals surface area contributed by atoms with Crippen LogP contribution in [0.5, 0.6) is 0 Å². The van der Waals surface area contributed by atoms with E-state index in [9.17, 15) is 19.2 Å². The smallest absolute Gasteiger partial charge is 0.412 e. The first-order valence-corrected chi connectivity index (χ1v) is 12.3. The van der Waals surface area contributed by atoms with E-state index < -0.39 is 58.4 Å². The zero-order chi connectivity index (χ0) is 24.6. The van der Waals surface area contributed by atoms with E-state index in [-0.39, 0.29) is 13.2 Å². The molecule has 12 nitrogen and oxygen atoms in total. The first-order valence-electron chi connectivity index (χ1n) is 11.4. The zero-order valence-electron chi connectivity index (χ0n) is 19.3. The van der Waals surface area contributed by atoms with Crippen molar-refractivity contribution < 1.29 is 33.1 Å². The molecule has 0 radical (unpaired) electrons. The topological polar surface area (TPSA) is 158 Å². The fourth-order valence-corrected chi connectivity index (χ4v) is 5.99. The average Bonchev–Trinajstić information content (AvgIpc) is 3.52. The summed E-state index contributed by atoms with van der Waals surface area (Å²) in [6, 6.07) is -3.28. The Bertz CT molecular complexity index is 952. The maximum absolute atomic E-state index is 14.3. The number of morpholine rings is 1. The number of primary amides is 1. The summed E-state index contributed by atoms with van der Waals surface area (Å²) in [4.78, 5) is 61.1. The third-order valence-electron chi connectivity index (χ3n) is 6.96. The first kappa shape index (κ1) is 24.7. The highest BCUT2D eigenvalue weighted by molar-refractivity contribution is 7.07.